The quantitative estimate of drug-likeness (QED) is 0.736. The third-order valence-electron chi connectivity index (χ3n) is 5.01. The van der Waals surface area contributed by atoms with Gasteiger partial charge in [-0.05, 0) is 36.8 Å². The van der Waals surface area contributed by atoms with Crippen LogP contribution in [0.15, 0.2) is 69.4 Å². The Morgan fingerprint density at radius 1 is 1.28 bits per heavy atom. The summed E-state index contributed by atoms with van der Waals surface area (Å²) < 4.78 is 18.0. The van der Waals surface area contributed by atoms with E-state index in [1.54, 1.807) is 48.3 Å². The molecule has 0 fully saturated rings. The number of fused-ring (bicyclic) bond motifs is 1. The van der Waals surface area contributed by atoms with Gasteiger partial charge in [-0.1, -0.05) is 12.1 Å². The molecular formula is C22H19N3O4. The molecule has 0 saturated carbocycles. The fourth-order valence-electron chi connectivity index (χ4n) is 3.60. The minimum Gasteiger partial charge on any atom is -0.497 e. The largest absolute Gasteiger partial charge is 0.497 e. The number of furan rings is 1. The Labute approximate surface area is 167 Å². The predicted molar refractivity (Wildman–Crippen MR) is 106 cm³/mol. The first-order chi connectivity index (χ1) is 14.0. The minimum absolute atomic E-state index is 0.00426. The van der Waals surface area contributed by atoms with E-state index in [4.69, 9.17) is 19.6 Å². The summed E-state index contributed by atoms with van der Waals surface area (Å²) in [7, 11) is 1.56. The van der Waals surface area contributed by atoms with E-state index in [9.17, 15) is 10.1 Å². The number of nitriles is 1. The number of pyridine rings is 1. The Morgan fingerprint density at radius 2 is 2.10 bits per heavy atom. The Morgan fingerprint density at radius 3 is 2.79 bits per heavy atom. The van der Waals surface area contributed by atoms with Gasteiger partial charge in [-0.15, -0.1) is 0 Å². The number of aromatic nitrogens is 1. The summed E-state index contributed by atoms with van der Waals surface area (Å²) in [6.45, 7) is 2.09. The topological polar surface area (TPSA) is 103 Å². The Hall–Kier alpha value is -3.92. The molecule has 0 saturated heterocycles. The number of ether oxygens (including phenoxy) is 2. The molecule has 0 aliphatic carbocycles. The third-order valence-corrected chi connectivity index (χ3v) is 5.01. The number of rotatable bonds is 4. The number of nitrogens with zero attached hydrogens (tertiary/aromatic N) is 2. The van der Waals surface area contributed by atoms with Gasteiger partial charge >= 0.3 is 0 Å². The third kappa shape index (κ3) is 3.15. The number of hydrogen-bond donors (Lipinski definition) is 1. The first-order valence-electron chi connectivity index (χ1n) is 9.01. The summed E-state index contributed by atoms with van der Waals surface area (Å²) in [5.41, 5.74) is 7.74. The highest BCUT2D eigenvalue weighted by molar-refractivity contribution is 5.56. The first-order valence-corrected chi connectivity index (χ1v) is 9.01. The zero-order valence-electron chi connectivity index (χ0n) is 16.0. The molecule has 3 heterocycles. The van der Waals surface area contributed by atoms with Crippen LogP contribution in [-0.2, 0) is 6.54 Å². The minimum atomic E-state index is -0.658. The maximum Gasteiger partial charge on any atom is 0.259 e. The van der Waals surface area contributed by atoms with E-state index < -0.39 is 5.92 Å². The van der Waals surface area contributed by atoms with Crippen LogP contribution in [0.4, 0.5) is 0 Å². The van der Waals surface area contributed by atoms with E-state index in [2.05, 4.69) is 6.07 Å². The first kappa shape index (κ1) is 18.4. The van der Waals surface area contributed by atoms with E-state index in [-0.39, 0.29) is 23.6 Å². The van der Waals surface area contributed by atoms with Gasteiger partial charge in [0.2, 0.25) is 5.88 Å². The van der Waals surface area contributed by atoms with Crippen molar-refractivity contribution in [2.45, 2.75) is 19.4 Å². The monoisotopic (exact) mass is 389 g/mol. The summed E-state index contributed by atoms with van der Waals surface area (Å²) in [6, 6.07) is 14.7. The molecule has 1 aliphatic heterocycles. The molecule has 0 amide bonds. The molecule has 146 valence electrons. The molecule has 0 unspecified atom stereocenters. The average Bonchev–Trinajstić information content (AvgIpc) is 3.23. The second-order valence-corrected chi connectivity index (χ2v) is 6.74. The normalized spacial score (nSPS) is 15.4. The van der Waals surface area contributed by atoms with E-state index in [1.165, 1.54) is 0 Å². The molecule has 0 spiro atoms. The van der Waals surface area contributed by atoms with Gasteiger partial charge in [0.05, 0.1) is 31.4 Å². The Balaban J connectivity index is 1.94. The molecule has 2 aromatic heterocycles. The number of nitrogens with two attached hydrogens (primary N) is 1. The molecular weight excluding hydrogens is 370 g/mol. The van der Waals surface area contributed by atoms with Crippen LogP contribution in [0.5, 0.6) is 11.5 Å². The molecule has 3 aromatic rings. The van der Waals surface area contributed by atoms with Crippen LogP contribution in [0.3, 0.4) is 0 Å². The molecule has 4 rings (SSSR count). The molecule has 0 radical (unpaired) electrons. The van der Waals surface area contributed by atoms with Crippen LogP contribution in [-0.4, -0.2) is 11.7 Å². The van der Waals surface area contributed by atoms with Crippen molar-refractivity contribution in [1.82, 2.24) is 4.57 Å². The van der Waals surface area contributed by atoms with Crippen molar-refractivity contribution in [3.8, 4) is 17.6 Å². The van der Waals surface area contributed by atoms with Gasteiger partial charge in [-0.25, -0.2) is 0 Å². The molecule has 1 atom stereocenters. The second kappa shape index (κ2) is 7.24. The van der Waals surface area contributed by atoms with Crippen LogP contribution in [0.1, 0.15) is 28.5 Å². The van der Waals surface area contributed by atoms with Gasteiger partial charge in [-0.3, -0.25) is 4.79 Å². The van der Waals surface area contributed by atoms with Crippen LogP contribution in [0, 0.1) is 18.3 Å². The van der Waals surface area contributed by atoms with Crippen LogP contribution < -0.4 is 20.8 Å². The van der Waals surface area contributed by atoms with Crippen LogP contribution in [0.2, 0.25) is 0 Å². The highest BCUT2D eigenvalue weighted by Crippen LogP contribution is 2.41. The van der Waals surface area contributed by atoms with E-state index in [0.29, 0.717) is 28.5 Å². The maximum absolute atomic E-state index is 13.5. The smallest absolute Gasteiger partial charge is 0.259 e. The lowest BCUT2D eigenvalue weighted by Gasteiger charge is -2.27. The number of hydrogen-bond acceptors (Lipinski definition) is 6. The molecule has 29 heavy (non-hydrogen) atoms. The number of benzene rings is 1. The van der Waals surface area contributed by atoms with Crippen LogP contribution in [0.25, 0.3) is 0 Å². The van der Waals surface area contributed by atoms with E-state index in [0.717, 1.165) is 5.56 Å². The van der Waals surface area contributed by atoms with Crippen molar-refractivity contribution in [1.29, 1.82) is 5.26 Å². The SMILES string of the molecule is COc1cccc([C@H]2C(C#N)=C(N)Oc3cc(C)n(Cc4ccco4)c(=O)c32)c1. The molecule has 1 aromatic carbocycles. The van der Waals surface area contributed by atoms with Crippen molar-refractivity contribution in [3.63, 3.8) is 0 Å². The lowest BCUT2D eigenvalue weighted by Crippen LogP contribution is -2.33. The highest BCUT2D eigenvalue weighted by atomic mass is 16.5. The number of methoxy groups -OCH3 is 1. The standard InChI is InChI=1S/C22H19N3O4/c1-13-9-18-20(22(26)25(13)12-16-7-4-8-28-16)19(17(11-23)21(24)29-18)14-5-3-6-15(10-14)27-2/h3-10,19H,12,24H2,1-2H3/t19-/m0/s1. The molecule has 0 bridgehead atoms. The fraction of sp³-hybridized carbons (Fsp3) is 0.182. The van der Waals surface area contributed by atoms with Crippen molar-refractivity contribution in [2.24, 2.45) is 5.73 Å². The highest BCUT2D eigenvalue weighted by Gasteiger charge is 2.34. The summed E-state index contributed by atoms with van der Waals surface area (Å²) in [6.07, 6.45) is 1.56. The molecule has 7 nitrogen and oxygen atoms in total. The van der Waals surface area contributed by atoms with Crippen molar-refractivity contribution >= 4 is 0 Å². The van der Waals surface area contributed by atoms with Gasteiger partial charge in [0.25, 0.3) is 5.56 Å². The number of allylic oxidation sites excluding steroid dienone is 1. The zero-order valence-corrected chi connectivity index (χ0v) is 16.0. The van der Waals surface area contributed by atoms with E-state index >= 15 is 0 Å². The predicted octanol–water partition coefficient (Wildman–Crippen LogP) is 3.02. The summed E-state index contributed by atoms with van der Waals surface area (Å²) in [5, 5.41) is 9.74. The molecule has 2 N–H and O–H groups in total. The van der Waals surface area contributed by atoms with Crippen LogP contribution >= 0.6 is 0 Å². The van der Waals surface area contributed by atoms with Gasteiger partial charge in [0.15, 0.2) is 0 Å². The summed E-state index contributed by atoms with van der Waals surface area (Å²) >= 11 is 0. The number of aryl methyl sites for hydroxylation is 1. The molecule has 1 aliphatic rings. The fourth-order valence-corrected chi connectivity index (χ4v) is 3.60. The molecule has 7 heteroatoms. The van der Waals surface area contributed by atoms with E-state index in [1.807, 2.05) is 19.1 Å². The van der Waals surface area contributed by atoms with Gasteiger partial charge in [0.1, 0.15) is 28.9 Å². The van der Waals surface area contributed by atoms with Crippen molar-refractivity contribution in [3.05, 3.63) is 93.1 Å². The van der Waals surface area contributed by atoms with Crippen molar-refractivity contribution < 1.29 is 13.9 Å². The summed E-state index contributed by atoms with van der Waals surface area (Å²) in [4.78, 5) is 13.5. The zero-order chi connectivity index (χ0) is 20.5. The Bertz CT molecular complexity index is 1200. The van der Waals surface area contributed by atoms with Gasteiger partial charge < -0.3 is 24.2 Å². The Kier molecular flexibility index (Phi) is 4.61. The maximum atomic E-state index is 13.5. The second-order valence-electron chi connectivity index (χ2n) is 6.74. The lowest BCUT2D eigenvalue weighted by molar-refractivity contribution is 0.387. The summed E-state index contributed by atoms with van der Waals surface area (Å²) in [5.74, 6) is 0.965. The van der Waals surface area contributed by atoms with Gasteiger partial charge in [0, 0.05) is 11.8 Å². The average molecular weight is 389 g/mol. The lowest BCUT2D eigenvalue weighted by atomic mass is 9.84. The van der Waals surface area contributed by atoms with Gasteiger partial charge in [-0.2, -0.15) is 5.26 Å². The van der Waals surface area contributed by atoms with Crippen molar-refractivity contribution in [2.75, 3.05) is 7.11 Å².